The molecule has 0 fully saturated rings. The molecule has 0 saturated heterocycles. The Kier molecular flexibility index (Phi) is 6.73. The summed E-state index contributed by atoms with van der Waals surface area (Å²) in [6.07, 6.45) is 3.91. The van der Waals surface area contributed by atoms with Crippen LogP contribution in [-0.2, 0) is 16.0 Å². The van der Waals surface area contributed by atoms with Crippen LogP contribution >= 0.6 is 0 Å². The van der Waals surface area contributed by atoms with Crippen LogP contribution in [0.25, 0.3) is 0 Å². The molecule has 0 aliphatic rings. The smallest absolute Gasteiger partial charge is 0.323 e. The molecule has 0 heterocycles. The predicted molar refractivity (Wildman–Crippen MR) is 82.4 cm³/mol. The molecule has 1 aromatic rings. The van der Waals surface area contributed by atoms with Crippen LogP contribution in [0.1, 0.15) is 52.0 Å². The van der Waals surface area contributed by atoms with Gasteiger partial charge in [0.25, 0.3) is 0 Å². The molecule has 112 valence electrons. The van der Waals surface area contributed by atoms with E-state index in [9.17, 15) is 4.79 Å². The molecule has 0 bridgehead atoms. The fourth-order valence-corrected chi connectivity index (χ4v) is 2.34. The van der Waals surface area contributed by atoms with Crippen LogP contribution in [-0.4, -0.2) is 17.6 Å². The quantitative estimate of drug-likeness (QED) is 0.740. The monoisotopic (exact) mass is 277 g/mol. The Morgan fingerprint density at radius 3 is 2.20 bits per heavy atom. The van der Waals surface area contributed by atoms with Crippen LogP contribution in [0.4, 0.5) is 0 Å². The number of rotatable bonds is 8. The van der Waals surface area contributed by atoms with Crippen molar-refractivity contribution < 1.29 is 9.53 Å². The Bertz CT molecular complexity index is 390. The first-order valence-electron chi connectivity index (χ1n) is 7.59. The molecule has 1 aromatic carbocycles. The molecule has 0 spiro atoms. The maximum absolute atomic E-state index is 12.1. The van der Waals surface area contributed by atoms with E-state index >= 15 is 0 Å². The first-order chi connectivity index (χ1) is 9.56. The Morgan fingerprint density at radius 1 is 1.15 bits per heavy atom. The van der Waals surface area contributed by atoms with Gasteiger partial charge >= 0.3 is 5.97 Å². The van der Waals surface area contributed by atoms with E-state index in [0.717, 1.165) is 25.7 Å². The number of carbonyl (C=O) groups excluding carboxylic acids is 1. The Balaban J connectivity index is 2.50. The van der Waals surface area contributed by atoms with Gasteiger partial charge in [-0.15, -0.1) is 0 Å². The van der Waals surface area contributed by atoms with Gasteiger partial charge in [0.1, 0.15) is 11.6 Å². The molecule has 1 unspecified atom stereocenters. The van der Waals surface area contributed by atoms with Crippen molar-refractivity contribution in [1.29, 1.82) is 0 Å². The van der Waals surface area contributed by atoms with Crippen molar-refractivity contribution in [3.05, 3.63) is 35.9 Å². The van der Waals surface area contributed by atoms with E-state index in [0.29, 0.717) is 6.42 Å². The highest BCUT2D eigenvalue weighted by Gasteiger charge is 2.30. The lowest BCUT2D eigenvalue weighted by Gasteiger charge is -2.31. The number of benzene rings is 1. The van der Waals surface area contributed by atoms with Gasteiger partial charge in [-0.1, -0.05) is 51.1 Å². The van der Waals surface area contributed by atoms with Crippen LogP contribution in [0.5, 0.6) is 0 Å². The molecule has 3 nitrogen and oxygen atoms in total. The third-order valence-corrected chi connectivity index (χ3v) is 4.14. The third-order valence-electron chi connectivity index (χ3n) is 4.14. The number of hydrogen-bond acceptors (Lipinski definition) is 3. The lowest BCUT2D eigenvalue weighted by Crippen LogP contribution is -2.41. The van der Waals surface area contributed by atoms with Crippen molar-refractivity contribution in [2.24, 2.45) is 5.73 Å². The molecule has 2 N–H and O–H groups in total. The maximum Gasteiger partial charge on any atom is 0.323 e. The average molecular weight is 277 g/mol. The van der Waals surface area contributed by atoms with Crippen LogP contribution in [0.15, 0.2) is 30.3 Å². The molecule has 1 rings (SSSR count). The average Bonchev–Trinajstić information content (AvgIpc) is 2.51. The highest BCUT2D eigenvalue weighted by molar-refractivity contribution is 5.76. The largest absolute Gasteiger partial charge is 0.458 e. The molecule has 0 radical (unpaired) electrons. The fourth-order valence-electron chi connectivity index (χ4n) is 2.34. The predicted octanol–water partition coefficient (Wildman–Crippen LogP) is 3.46. The third kappa shape index (κ3) is 4.64. The summed E-state index contributed by atoms with van der Waals surface area (Å²) in [5.41, 5.74) is 6.81. The number of nitrogens with two attached hydrogens (primary N) is 1. The summed E-state index contributed by atoms with van der Waals surface area (Å²) < 4.78 is 5.67. The highest BCUT2D eigenvalue weighted by atomic mass is 16.6. The van der Waals surface area contributed by atoms with Crippen LogP contribution in [0, 0.1) is 0 Å². The topological polar surface area (TPSA) is 52.3 Å². The fraction of sp³-hybridized carbons (Fsp3) is 0.588. The summed E-state index contributed by atoms with van der Waals surface area (Å²) in [6.45, 7) is 6.15. The van der Waals surface area contributed by atoms with E-state index in [4.69, 9.17) is 10.5 Å². The van der Waals surface area contributed by atoms with Gasteiger partial charge < -0.3 is 10.5 Å². The van der Waals surface area contributed by atoms with Crippen LogP contribution < -0.4 is 5.73 Å². The van der Waals surface area contributed by atoms with E-state index in [1.807, 2.05) is 30.3 Å². The van der Waals surface area contributed by atoms with Gasteiger partial charge in [-0.05, 0) is 37.7 Å². The SMILES string of the molecule is CCC(CC)(CC)OC(=O)C(N)CCc1ccccc1. The molecule has 20 heavy (non-hydrogen) atoms. The van der Waals surface area contributed by atoms with E-state index < -0.39 is 6.04 Å². The lowest BCUT2D eigenvalue weighted by atomic mass is 9.94. The molecule has 0 aliphatic carbocycles. The highest BCUT2D eigenvalue weighted by Crippen LogP contribution is 2.25. The molecule has 1 atom stereocenters. The molecule has 0 aliphatic heterocycles. The summed E-state index contributed by atoms with van der Waals surface area (Å²) in [5.74, 6) is -0.272. The first-order valence-corrected chi connectivity index (χ1v) is 7.59. The summed E-state index contributed by atoms with van der Waals surface area (Å²) in [5, 5.41) is 0. The van der Waals surface area contributed by atoms with Crippen molar-refractivity contribution in [2.45, 2.75) is 64.5 Å². The summed E-state index contributed by atoms with van der Waals surface area (Å²) >= 11 is 0. The van der Waals surface area contributed by atoms with Gasteiger partial charge in [0.05, 0.1) is 0 Å². The normalized spacial score (nSPS) is 13.0. The van der Waals surface area contributed by atoms with E-state index in [-0.39, 0.29) is 11.6 Å². The van der Waals surface area contributed by atoms with Gasteiger partial charge in [-0.25, -0.2) is 0 Å². The van der Waals surface area contributed by atoms with Crippen LogP contribution in [0.3, 0.4) is 0 Å². The van der Waals surface area contributed by atoms with Gasteiger partial charge in [0.15, 0.2) is 0 Å². The number of hydrogen-bond donors (Lipinski definition) is 1. The zero-order valence-electron chi connectivity index (χ0n) is 12.9. The van der Waals surface area contributed by atoms with E-state index in [2.05, 4.69) is 20.8 Å². The van der Waals surface area contributed by atoms with Gasteiger partial charge in [0.2, 0.25) is 0 Å². The molecular weight excluding hydrogens is 250 g/mol. The van der Waals surface area contributed by atoms with Gasteiger partial charge in [0, 0.05) is 0 Å². The van der Waals surface area contributed by atoms with E-state index in [1.165, 1.54) is 5.56 Å². The maximum atomic E-state index is 12.1. The summed E-state index contributed by atoms with van der Waals surface area (Å²) in [4.78, 5) is 12.1. The standard InChI is InChI=1S/C17H27NO2/c1-4-17(5-2,6-3)20-16(19)15(18)13-12-14-10-8-7-9-11-14/h7-11,15H,4-6,12-13,18H2,1-3H3. The minimum Gasteiger partial charge on any atom is -0.458 e. The Morgan fingerprint density at radius 2 is 1.70 bits per heavy atom. The zero-order chi connectivity index (χ0) is 15.0. The van der Waals surface area contributed by atoms with Gasteiger partial charge in [-0.3, -0.25) is 4.79 Å². The van der Waals surface area contributed by atoms with Crippen molar-refractivity contribution in [3.8, 4) is 0 Å². The molecule has 3 heteroatoms. The van der Waals surface area contributed by atoms with Crippen molar-refractivity contribution in [1.82, 2.24) is 0 Å². The first kappa shape index (κ1) is 16.7. The minimum absolute atomic E-state index is 0.272. The lowest BCUT2D eigenvalue weighted by molar-refractivity contribution is -0.163. The van der Waals surface area contributed by atoms with Crippen molar-refractivity contribution >= 4 is 5.97 Å². The zero-order valence-corrected chi connectivity index (χ0v) is 12.9. The minimum atomic E-state index is -0.542. The molecular formula is C17H27NO2. The van der Waals surface area contributed by atoms with Gasteiger partial charge in [-0.2, -0.15) is 0 Å². The Labute approximate surface area is 122 Å². The number of ether oxygens (including phenoxy) is 1. The van der Waals surface area contributed by atoms with Crippen LogP contribution in [0.2, 0.25) is 0 Å². The summed E-state index contributed by atoms with van der Waals surface area (Å²) in [7, 11) is 0. The number of esters is 1. The second-order valence-corrected chi connectivity index (χ2v) is 5.30. The summed E-state index contributed by atoms with van der Waals surface area (Å²) in [6, 6.07) is 9.53. The van der Waals surface area contributed by atoms with E-state index in [1.54, 1.807) is 0 Å². The molecule has 0 amide bonds. The second kappa shape index (κ2) is 8.05. The number of carbonyl (C=O) groups is 1. The second-order valence-electron chi connectivity index (χ2n) is 5.30. The molecule has 0 aromatic heterocycles. The Hall–Kier alpha value is -1.35. The molecule has 0 saturated carbocycles. The van der Waals surface area contributed by atoms with Crippen molar-refractivity contribution in [2.75, 3.05) is 0 Å². The number of aryl methyl sites for hydroxylation is 1. The van der Waals surface area contributed by atoms with Crippen molar-refractivity contribution in [3.63, 3.8) is 0 Å².